The first-order valence-electron chi connectivity index (χ1n) is 5.27. The lowest BCUT2D eigenvalue weighted by molar-refractivity contribution is -0.138. The Morgan fingerprint density at radius 2 is 2.35 bits per heavy atom. The van der Waals surface area contributed by atoms with Crippen molar-refractivity contribution >= 4 is 27.6 Å². The van der Waals surface area contributed by atoms with Crippen LogP contribution in [0.3, 0.4) is 0 Å². The minimum absolute atomic E-state index is 0.432. The second-order valence-electron chi connectivity index (χ2n) is 3.63. The van der Waals surface area contributed by atoms with Crippen LogP contribution in [-0.4, -0.2) is 17.1 Å². The average molecular weight is 297 g/mol. The number of rotatable bonds is 5. The highest BCUT2D eigenvalue weighted by Crippen LogP contribution is 2.21. The molecule has 4 nitrogen and oxygen atoms in total. The summed E-state index contributed by atoms with van der Waals surface area (Å²) in [4.78, 5) is 11.0. The number of benzene rings is 1. The molecule has 0 aliphatic heterocycles. The standard InChI is InChI=1S/C12H13BrN2O2/c1-2-3-11(12(16)17)15-10-5-4-9(13)6-8(10)7-14/h4-6,11,15H,2-3H2,1H3,(H,16,17). The van der Waals surface area contributed by atoms with Crippen molar-refractivity contribution in [3.63, 3.8) is 0 Å². The van der Waals surface area contributed by atoms with Gasteiger partial charge >= 0.3 is 5.97 Å². The Hall–Kier alpha value is -1.54. The summed E-state index contributed by atoms with van der Waals surface area (Å²) >= 11 is 3.27. The predicted octanol–water partition coefficient (Wildman–Crippen LogP) is 2.99. The fourth-order valence-corrected chi connectivity index (χ4v) is 1.83. The number of anilines is 1. The summed E-state index contributed by atoms with van der Waals surface area (Å²) in [6.45, 7) is 1.92. The molecule has 0 spiro atoms. The number of nitrogens with one attached hydrogen (secondary N) is 1. The van der Waals surface area contributed by atoms with Gasteiger partial charge in [0.1, 0.15) is 12.1 Å². The molecule has 0 aliphatic carbocycles. The fraction of sp³-hybridized carbons (Fsp3) is 0.333. The van der Waals surface area contributed by atoms with Gasteiger partial charge in [-0.25, -0.2) is 4.79 Å². The number of carboxylic acid groups (broad SMARTS) is 1. The number of halogens is 1. The molecule has 1 atom stereocenters. The summed E-state index contributed by atoms with van der Waals surface area (Å²) in [6, 6.07) is 6.51. The normalized spacial score (nSPS) is 11.6. The molecule has 1 aromatic rings. The number of aliphatic carboxylic acids is 1. The van der Waals surface area contributed by atoms with Gasteiger partial charge in [-0.3, -0.25) is 0 Å². The van der Waals surface area contributed by atoms with Gasteiger partial charge in [-0.05, 0) is 24.6 Å². The molecule has 0 aromatic heterocycles. The van der Waals surface area contributed by atoms with E-state index in [0.29, 0.717) is 17.7 Å². The van der Waals surface area contributed by atoms with Gasteiger partial charge < -0.3 is 10.4 Å². The summed E-state index contributed by atoms with van der Waals surface area (Å²) in [5.74, 6) is -0.904. The number of carbonyl (C=O) groups is 1. The maximum absolute atomic E-state index is 11.0. The highest BCUT2D eigenvalue weighted by atomic mass is 79.9. The maximum Gasteiger partial charge on any atom is 0.326 e. The van der Waals surface area contributed by atoms with Crippen molar-refractivity contribution < 1.29 is 9.90 Å². The molecule has 0 heterocycles. The third-order valence-electron chi connectivity index (χ3n) is 2.31. The van der Waals surface area contributed by atoms with E-state index in [1.807, 2.05) is 13.0 Å². The van der Waals surface area contributed by atoms with E-state index in [4.69, 9.17) is 10.4 Å². The van der Waals surface area contributed by atoms with Crippen LogP contribution < -0.4 is 5.32 Å². The molecule has 90 valence electrons. The van der Waals surface area contributed by atoms with Crippen LogP contribution in [0, 0.1) is 11.3 Å². The summed E-state index contributed by atoms with van der Waals surface area (Å²) in [5.41, 5.74) is 0.985. The smallest absolute Gasteiger partial charge is 0.326 e. The van der Waals surface area contributed by atoms with E-state index in [0.717, 1.165) is 10.9 Å². The lowest BCUT2D eigenvalue weighted by Crippen LogP contribution is -2.29. The minimum Gasteiger partial charge on any atom is -0.480 e. The molecule has 0 bridgehead atoms. The molecule has 0 amide bonds. The van der Waals surface area contributed by atoms with Gasteiger partial charge in [0.15, 0.2) is 0 Å². The molecule has 1 aromatic carbocycles. The molecular weight excluding hydrogens is 284 g/mol. The Morgan fingerprint density at radius 3 is 2.88 bits per heavy atom. The second-order valence-corrected chi connectivity index (χ2v) is 4.54. The average Bonchev–Trinajstić information content (AvgIpc) is 2.30. The Morgan fingerprint density at radius 1 is 1.65 bits per heavy atom. The van der Waals surface area contributed by atoms with E-state index < -0.39 is 12.0 Å². The number of carboxylic acids is 1. The Kier molecular flexibility index (Phi) is 4.98. The van der Waals surface area contributed by atoms with Crippen LogP contribution in [0.2, 0.25) is 0 Å². The molecule has 0 aliphatic rings. The van der Waals surface area contributed by atoms with Crippen LogP contribution >= 0.6 is 15.9 Å². The monoisotopic (exact) mass is 296 g/mol. The minimum atomic E-state index is -0.904. The first kappa shape index (κ1) is 13.5. The van der Waals surface area contributed by atoms with Crippen LogP contribution in [0.4, 0.5) is 5.69 Å². The highest BCUT2D eigenvalue weighted by molar-refractivity contribution is 9.10. The van der Waals surface area contributed by atoms with E-state index in [1.165, 1.54) is 0 Å². The first-order chi connectivity index (χ1) is 8.08. The maximum atomic E-state index is 11.0. The predicted molar refractivity (Wildman–Crippen MR) is 68.8 cm³/mol. The molecule has 1 rings (SSSR count). The number of nitriles is 1. The Labute approximate surface area is 108 Å². The number of nitrogens with zero attached hydrogens (tertiary/aromatic N) is 1. The lowest BCUT2D eigenvalue weighted by Gasteiger charge is -2.15. The fourth-order valence-electron chi connectivity index (χ4n) is 1.47. The van der Waals surface area contributed by atoms with E-state index in [9.17, 15) is 4.79 Å². The van der Waals surface area contributed by atoms with Crippen LogP contribution in [-0.2, 0) is 4.79 Å². The van der Waals surface area contributed by atoms with E-state index in [2.05, 4.69) is 21.2 Å². The molecule has 0 fully saturated rings. The molecular formula is C12H13BrN2O2. The van der Waals surface area contributed by atoms with Gasteiger partial charge in [0.05, 0.1) is 11.3 Å². The van der Waals surface area contributed by atoms with Crippen molar-refractivity contribution in [3.8, 4) is 6.07 Å². The van der Waals surface area contributed by atoms with Crippen molar-refractivity contribution in [2.24, 2.45) is 0 Å². The highest BCUT2D eigenvalue weighted by Gasteiger charge is 2.17. The van der Waals surface area contributed by atoms with Crippen molar-refractivity contribution in [2.45, 2.75) is 25.8 Å². The molecule has 5 heteroatoms. The molecule has 2 N–H and O–H groups in total. The molecule has 0 saturated heterocycles. The zero-order valence-corrected chi connectivity index (χ0v) is 11.0. The van der Waals surface area contributed by atoms with Crippen LogP contribution in [0.15, 0.2) is 22.7 Å². The van der Waals surface area contributed by atoms with Gasteiger partial charge in [0.2, 0.25) is 0 Å². The largest absolute Gasteiger partial charge is 0.480 e. The van der Waals surface area contributed by atoms with Crippen molar-refractivity contribution in [1.82, 2.24) is 0 Å². The van der Waals surface area contributed by atoms with E-state index in [-0.39, 0.29) is 0 Å². The molecule has 1 unspecified atom stereocenters. The molecule has 0 radical (unpaired) electrons. The van der Waals surface area contributed by atoms with Gasteiger partial charge in [-0.2, -0.15) is 5.26 Å². The van der Waals surface area contributed by atoms with Crippen molar-refractivity contribution in [1.29, 1.82) is 5.26 Å². The molecule has 0 saturated carbocycles. The Bertz CT molecular complexity index is 454. The van der Waals surface area contributed by atoms with E-state index >= 15 is 0 Å². The van der Waals surface area contributed by atoms with Crippen molar-refractivity contribution in [3.05, 3.63) is 28.2 Å². The van der Waals surface area contributed by atoms with Crippen LogP contribution in [0.5, 0.6) is 0 Å². The van der Waals surface area contributed by atoms with Gasteiger partial charge in [0.25, 0.3) is 0 Å². The Balaban J connectivity index is 2.93. The van der Waals surface area contributed by atoms with Crippen molar-refractivity contribution in [2.75, 3.05) is 5.32 Å². The first-order valence-corrected chi connectivity index (χ1v) is 6.06. The summed E-state index contributed by atoms with van der Waals surface area (Å²) in [6.07, 6.45) is 1.29. The van der Waals surface area contributed by atoms with Gasteiger partial charge in [-0.15, -0.1) is 0 Å². The summed E-state index contributed by atoms with van der Waals surface area (Å²) < 4.78 is 0.793. The third-order valence-corrected chi connectivity index (χ3v) is 2.80. The summed E-state index contributed by atoms with van der Waals surface area (Å²) in [7, 11) is 0. The topological polar surface area (TPSA) is 73.1 Å². The van der Waals surface area contributed by atoms with Crippen LogP contribution in [0.1, 0.15) is 25.3 Å². The van der Waals surface area contributed by atoms with E-state index in [1.54, 1.807) is 18.2 Å². The molecule has 17 heavy (non-hydrogen) atoms. The SMILES string of the molecule is CCCC(Nc1ccc(Br)cc1C#N)C(=O)O. The second kappa shape index (κ2) is 6.26. The summed E-state index contributed by atoms with van der Waals surface area (Å²) in [5, 5.41) is 20.9. The van der Waals surface area contributed by atoms with Crippen LogP contribution in [0.25, 0.3) is 0 Å². The zero-order chi connectivity index (χ0) is 12.8. The lowest BCUT2D eigenvalue weighted by atomic mass is 10.1. The number of hydrogen-bond donors (Lipinski definition) is 2. The zero-order valence-electron chi connectivity index (χ0n) is 9.40. The third kappa shape index (κ3) is 3.75. The van der Waals surface area contributed by atoms with Gasteiger partial charge in [-0.1, -0.05) is 29.3 Å². The van der Waals surface area contributed by atoms with Gasteiger partial charge in [0, 0.05) is 4.47 Å². The number of hydrogen-bond acceptors (Lipinski definition) is 3. The quantitative estimate of drug-likeness (QED) is 0.876.